The molecule has 0 bridgehead atoms. The van der Waals surface area contributed by atoms with Crippen LogP contribution >= 0.6 is 0 Å². The third-order valence-electron chi connectivity index (χ3n) is 3.93. The van der Waals surface area contributed by atoms with Crippen molar-refractivity contribution in [3.63, 3.8) is 0 Å². The average Bonchev–Trinajstić information content (AvgIpc) is 2.72. The summed E-state index contributed by atoms with van der Waals surface area (Å²) in [6.07, 6.45) is 0. The van der Waals surface area contributed by atoms with Crippen LogP contribution in [0.1, 0.15) is 11.1 Å². The van der Waals surface area contributed by atoms with Gasteiger partial charge in [0.1, 0.15) is 0 Å². The molecule has 5 heteroatoms. The van der Waals surface area contributed by atoms with Crippen LogP contribution in [0.2, 0.25) is 0 Å². The number of benzene rings is 2. The number of hydrogen-bond acceptors (Lipinski definition) is 5. The van der Waals surface area contributed by atoms with Crippen LogP contribution in [0.15, 0.2) is 60.7 Å². The fraction of sp³-hybridized carbons (Fsp3) is 0.455. The van der Waals surface area contributed by atoms with Gasteiger partial charge in [0.2, 0.25) is 0 Å². The molecule has 0 amide bonds. The standard InChI is InChI=1S/C22H32N2O3/c1-3-7-21(8-4-1)19-23-11-13-25-15-17-27-18-16-26-14-12-24-20-22-9-5-2-6-10-22/h1-10,23-24H,11-20H2. The Bertz CT molecular complexity index is 515. The van der Waals surface area contributed by atoms with Gasteiger partial charge in [-0.05, 0) is 11.1 Å². The van der Waals surface area contributed by atoms with Gasteiger partial charge in [0, 0.05) is 26.2 Å². The molecule has 5 nitrogen and oxygen atoms in total. The highest BCUT2D eigenvalue weighted by Crippen LogP contribution is 1.97. The van der Waals surface area contributed by atoms with Crippen LogP contribution in [0.25, 0.3) is 0 Å². The molecule has 0 aromatic heterocycles. The predicted molar refractivity (Wildman–Crippen MR) is 109 cm³/mol. The van der Waals surface area contributed by atoms with E-state index in [2.05, 4.69) is 59.2 Å². The molecule has 0 saturated carbocycles. The zero-order chi connectivity index (χ0) is 18.8. The number of nitrogens with one attached hydrogen (secondary N) is 2. The van der Waals surface area contributed by atoms with Gasteiger partial charge in [-0.3, -0.25) is 0 Å². The van der Waals surface area contributed by atoms with Gasteiger partial charge < -0.3 is 24.8 Å². The molecule has 148 valence electrons. The summed E-state index contributed by atoms with van der Waals surface area (Å²) in [4.78, 5) is 0. The first-order valence-electron chi connectivity index (χ1n) is 9.67. The highest BCUT2D eigenvalue weighted by atomic mass is 16.5. The minimum Gasteiger partial charge on any atom is -0.378 e. The van der Waals surface area contributed by atoms with E-state index in [0.717, 1.165) is 26.2 Å². The molecule has 2 N–H and O–H groups in total. The quantitative estimate of drug-likeness (QED) is 0.444. The van der Waals surface area contributed by atoms with Crippen molar-refractivity contribution in [2.45, 2.75) is 13.1 Å². The Morgan fingerprint density at radius 1 is 0.481 bits per heavy atom. The van der Waals surface area contributed by atoms with Gasteiger partial charge in [0.05, 0.1) is 39.6 Å². The molecular formula is C22H32N2O3. The SMILES string of the molecule is c1ccc(CNCCOCCOCCOCCNCc2ccccc2)cc1. The van der Waals surface area contributed by atoms with Crippen molar-refractivity contribution in [2.24, 2.45) is 0 Å². The Morgan fingerprint density at radius 3 is 1.26 bits per heavy atom. The Morgan fingerprint density at radius 2 is 0.852 bits per heavy atom. The molecule has 0 aliphatic heterocycles. The second kappa shape index (κ2) is 15.3. The maximum atomic E-state index is 5.53. The molecular weight excluding hydrogens is 340 g/mol. The van der Waals surface area contributed by atoms with Gasteiger partial charge in [-0.2, -0.15) is 0 Å². The molecule has 0 unspecified atom stereocenters. The van der Waals surface area contributed by atoms with Gasteiger partial charge in [-0.1, -0.05) is 60.7 Å². The van der Waals surface area contributed by atoms with Crippen molar-refractivity contribution in [1.82, 2.24) is 10.6 Å². The number of hydrogen-bond donors (Lipinski definition) is 2. The molecule has 0 spiro atoms. The van der Waals surface area contributed by atoms with Gasteiger partial charge in [-0.25, -0.2) is 0 Å². The van der Waals surface area contributed by atoms with Gasteiger partial charge in [-0.15, -0.1) is 0 Å². The highest BCUT2D eigenvalue weighted by molar-refractivity contribution is 5.14. The largest absolute Gasteiger partial charge is 0.378 e. The minimum absolute atomic E-state index is 0.605. The summed E-state index contributed by atoms with van der Waals surface area (Å²) in [5, 5.41) is 6.71. The van der Waals surface area contributed by atoms with Crippen LogP contribution < -0.4 is 10.6 Å². The van der Waals surface area contributed by atoms with E-state index in [9.17, 15) is 0 Å². The zero-order valence-electron chi connectivity index (χ0n) is 16.1. The first-order chi connectivity index (χ1) is 13.4. The van der Waals surface area contributed by atoms with E-state index in [4.69, 9.17) is 14.2 Å². The molecule has 0 heterocycles. The topological polar surface area (TPSA) is 51.8 Å². The third kappa shape index (κ3) is 11.5. The Kier molecular flexibility index (Phi) is 12.2. The first-order valence-corrected chi connectivity index (χ1v) is 9.67. The molecule has 0 fully saturated rings. The van der Waals surface area contributed by atoms with Crippen LogP contribution in [0, 0.1) is 0 Å². The van der Waals surface area contributed by atoms with E-state index in [1.807, 2.05) is 12.1 Å². The molecule has 2 rings (SSSR count). The molecule has 0 atom stereocenters. The van der Waals surface area contributed by atoms with E-state index in [0.29, 0.717) is 39.6 Å². The summed E-state index contributed by atoms with van der Waals surface area (Å²) in [7, 11) is 0. The smallest absolute Gasteiger partial charge is 0.0701 e. The van der Waals surface area contributed by atoms with Gasteiger partial charge >= 0.3 is 0 Å². The maximum Gasteiger partial charge on any atom is 0.0701 e. The van der Waals surface area contributed by atoms with Crippen molar-refractivity contribution < 1.29 is 14.2 Å². The Hall–Kier alpha value is -1.76. The van der Waals surface area contributed by atoms with Crippen LogP contribution in [0.5, 0.6) is 0 Å². The molecule has 27 heavy (non-hydrogen) atoms. The summed E-state index contributed by atoms with van der Waals surface area (Å²) in [6.45, 7) is 7.26. The summed E-state index contributed by atoms with van der Waals surface area (Å²) in [5.74, 6) is 0. The first kappa shape index (κ1) is 21.5. The van der Waals surface area contributed by atoms with E-state index >= 15 is 0 Å². The lowest BCUT2D eigenvalue weighted by Gasteiger charge is -2.08. The fourth-order valence-electron chi connectivity index (χ4n) is 2.49. The Balaban J connectivity index is 1.26. The highest BCUT2D eigenvalue weighted by Gasteiger charge is 1.94. The van der Waals surface area contributed by atoms with Gasteiger partial charge in [0.15, 0.2) is 0 Å². The molecule has 0 aliphatic carbocycles. The summed E-state index contributed by atoms with van der Waals surface area (Å²) in [6, 6.07) is 20.7. The zero-order valence-corrected chi connectivity index (χ0v) is 16.1. The predicted octanol–water partition coefficient (Wildman–Crippen LogP) is 2.62. The molecule has 2 aromatic rings. The maximum absolute atomic E-state index is 5.53. The lowest BCUT2D eigenvalue weighted by Crippen LogP contribution is -2.21. The van der Waals surface area contributed by atoms with Crippen molar-refractivity contribution >= 4 is 0 Å². The van der Waals surface area contributed by atoms with Crippen molar-refractivity contribution in [3.8, 4) is 0 Å². The monoisotopic (exact) mass is 372 g/mol. The molecule has 0 aliphatic rings. The van der Waals surface area contributed by atoms with Crippen LogP contribution in [0.3, 0.4) is 0 Å². The normalized spacial score (nSPS) is 11.0. The van der Waals surface area contributed by atoms with Crippen molar-refractivity contribution in [3.05, 3.63) is 71.8 Å². The Labute approximate surface area is 163 Å². The number of rotatable bonds is 16. The lowest BCUT2D eigenvalue weighted by molar-refractivity contribution is 0.0156. The summed E-state index contributed by atoms with van der Waals surface area (Å²) in [5.41, 5.74) is 2.58. The van der Waals surface area contributed by atoms with Crippen LogP contribution in [0.4, 0.5) is 0 Å². The third-order valence-corrected chi connectivity index (χ3v) is 3.93. The summed E-state index contributed by atoms with van der Waals surface area (Å²) >= 11 is 0. The van der Waals surface area contributed by atoms with E-state index in [1.54, 1.807) is 0 Å². The van der Waals surface area contributed by atoms with Crippen molar-refractivity contribution in [1.29, 1.82) is 0 Å². The van der Waals surface area contributed by atoms with Crippen LogP contribution in [-0.2, 0) is 27.3 Å². The second-order valence-electron chi connectivity index (χ2n) is 6.16. The average molecular weight is 373 g/mol. The lowest BCUT2D eigenvalue weighted by atomic mass is 10.2. The minimum atomic E-state index is 0.605. The second-order valence-corrected chi connectivity index (χ2v) is 6.16. The van der Waals surface area contributed by atoms with E-state index < -0.39 is 0 Å². The van der Waals surface area contributed by atoms with Gasteiger partial charge in [0.25, 0.3) is 0 Å². The molecule has 0 saturated heterocycles. The van der Waals surface area contributed by atoms with Crippen LogP contribution in [-0.4, -0.2) is 52.7 Å². The summed E-state index contributed by atoms with van der Waals surface area (Å²) < 4.78 is 16.6. The van der Waals surface area contributed by atoms with E-state index in [-0.39, 0.29) is 0 Å². The number of ether oxygens (including phenoxy) is 3. The van der Waals surface area contributed by atoms with Crippen molar-refractivity contribution in [2.75, 3.05) is 52.7 Å². The molecule has 2 aromatic carbocycles. The van der Waals surface area contributed by atoms with E-state index in [1.165, 1.54) is 11.1 Å². The fourth-order valence-corrected chi connectivity index (χ4v) is 2.49. The molecule has 0 radical (unpaired) electrons.